The fraction of sp³-hybridized carbons (Fsp3) is 0.615. The van der Waals surface area contributed by atoms with E-state index in [0.717, 1.165) is 5.82 Å². The van der Waals surface area contributed by atoms with E-state index in [9.17, 15) is 4.79 Å². The Bertz CT molecular complexity index is 406. The van der Waals surface area contributed by atoms with Gasteiger partial charge in [0, 0.05) is 5.41 Å². The van der Waals surface area contributed by atoms with Crippen LogP contribution in [-0.2, 0) is 10.2 Å². The van der Waals surface area contributed by atoms with E-state index in [4.69, 9.17) is 5.73 Å². The molecule has 0 aliphatic heterocycles. The standard InChI is InChI=1S/C13H22N4O/c1-8(2)10(14)11(18)17-9-6-15-12(16-7-9)13(3,4)5/h6-8,10H,14H2,1-5H3,(H,17,18)/t10-/m0/s1. The fourth-order valence-electron chi connectivity index (χ4n) is 1.31. The first-order valence-corrected chi connectivity index (χ1v) is 6.11. The van der Waals surface area contributed by atoms with Crippen molar-refractivity contribution < 1.29 is 4.79 Å². The second-order valence-electron chi connectivity index (χ2n) is 5.80. The summed E-state index contributed by atoms with van der Waals surface area (Å²) >= 11 is 0. The van der Waals surface area contributed by atoms with Gasteiger partial charge in [0.25, 0.3) is 0 Å². The van der Waals surface area contributed by atoms with Crippen LogP contribution in [0, 0.1) is 5.92 Å². The first-order valence-electron chi connectivity index (χ1n) is 6.11. The number of amides is 1. The van der Waals surface area contributed by atoms with Crippen LogP contribution in [-0.4, -0.2) is 21.9 Å². The summed E-state index contributed by atoms with van der Waals surface area (Å²) in [5.74, 6) is 0.630. The Balaban J connectivity index is 2.73. The molecule has 1 aromatic rings. The van der Waals surface area contributed by atoms with Gasteiger partial charge in [0.2, 0.25) is 5.91 Å². The van der Waals surface area contributed by atoms with E-state index in [0.29, 0.717) is 5.69 Å². The maximum absolute atomic E-state index is 11.7. The highest BCUT2D eigenvalue weighted by atomic mass is 16.2. The Morgan fingerprint density at radius 3 is 2.17 bits per heavy atom. The Kier molecular flexibility index (Phi) is 4.40. The first-order chi connectivity index (χ1) is 8.21. The minimum absolute atomic E-state index is 0.0970. The molecule has 5 nitrogen and oxygen atoms in total. The first kappa shape index (κ1) is 14.6. The quantitative estimate of drug-likeness (QED) is 0.855. The van der Waals surface area contributed by atoms with Crippen molar-refractivity contribution in [3.05, 3.63) is 18.2 Å². The van der Waals surface area contributed by atoms with Crippen molar-refractivity contribution in [2.24, 2.45) is 11.7 Å². The zero-order valence-corrected chi connectivity index (χ0v) is 11.7. The van der Waals surface area contributed by atoms with Crippen LogP contribution in [0.3, 0.4) is 0 Å². The minimum Gasteiger partial charge on any atom is -0.322 e. The van der Waals surface area contributed by atoms with Gasteiger partial charge in [-0.05, 0) is 5.92 Å². The van der Waals surface area contributed by atoms with Gasteiger partial charge in [-0.3, -0.25) is 4.79 Å². The van der Waals surface area contributed by atoms with Gasteiger partial charge in [-0.25, -0.2) is 9.97 Å². The van der Waals surface area contributed by atoms with E-state index in [1.807, 2.05) is 34.6 Å². The van der Waals surface area contributed by atoms with Crippen molar-refractivity contribution >= 4 is 11.6 Å². The SMILES string of the molecule is CC(C)[C@H](N)C(=O)Nc1cnc(C(C)(C)C)nc1. The molecule has 0 unspecified atom stereocenters. The molecule has 1 rings (SSSR count). The highest BCUT2D eigenvalue weighted by molar-refractivity contribution is 5.94. The Morgan fingerprint density at radius 2 is 1.78 bits per heavy atom. The molecule has 5 heteroatoms. The van der Waals surface area contributed by atoms with E-state index in [1.165, 1.54) is 0 Å². The highest BCUT2D eigenvalue weighted by Gasteiger charge is 2.19. The van der Waals surface area contributed by atoms with Crippen molar-refractivity contribution in [1.29, 1.82) is 0 Å². The van der Waals surface area contributed by atoms with Crippen LogP contribution in [0.2, 0.25) is 0 Å². The number of nitrogens with zero attached hydrogens (tertiary/aromatic N) is 2. The van der Waals surface area contributed by atoms with E-state index in [1.54, 1.807) is 12.4 Å². The lowest BCUT2D eigenvalue weighted by molar-refractivity contribution is -0.118. The third kappa shape index (κ3) is 3.77. The largest absolute Gasteiger partial charge is 0.322 e. The molecule has 0 bridgehead atoms. The van der Waals surface area contributed by atoms with Crippen LogP contribution in [0.1, 0.15) is 40.4 Å². The number of rotatable bonds is 3. The van der Waals surface area contributed by atoms with Gasteiger partial charge in [-0.2, -0.15) is 0 Å². The predicted octanol–water partition coefficient (Wildman–Crippen LogP) is 1.70. The number of carbonyl (C=O) groups excluding carboxylic acids is 1. The molecule has 3 N–H and O–H groups in total. The summed E-state index contributed by atoms with van der Waals surface area (Å²) in [6, 6.07) is -0.521. The molecule has 1 amide bonds. The summed E-state index contributed by atoms with van der Waals surface area (Å²) in [7, 11) is 0. The lowest BCUT2D eigenvalue weighted by Gasteiger charge is -2.17. The maximum atomic E-state index is 11.7. The van der Waals surface area contributed by atoms with Crippen molar-refractivity contribution in [2.45, 2.75) is 46.1 Å². The van der Waals surface area contributed by atoms with Crippen molar-refractivity contribution in [3.63, 3.8) is 0 Å². The Labute approximate surface area is 108 Å². The molecule has 18 heavy (non-hydrogen) atoms. The van der Waals surface area contributed by atoms with Crippen molar-refractivity contribution in [1.82, 2.24) is 9.97 Å². The lowest BCUT2D eigenvalue weighted by Crippen LogP contribution is -2.39. The lowest BCUT2D eigenvalue weighted by atomic mass is 9.96. The number of nitrogens with two attached hydrogens (primary N) is 1. The van der Waals surface area contributed by atoms with Crippen LogP contribution in [0.25, 0.3) is 0 Å². The van der Waals surface area contributed by atoms with Crippen LogP contribution in [0.5, 0.6) is 0 Å². The molecule has 1 aromatic heterocycles. The van der Waals surface area contributed by atoms with E-state index in [-0.39, 0.29) is 17.2 Å². The average molecular weight is 250 g/mol. The molecule has 0 radical (unpaired) electrons. The second kappa shape index (κ2) is 5.44. The molecule has 0 spiro atoms. The third-order valence-corrected chi connectivity index (χ3v) is 2.61. The van der Waals surface area contributed by atoms with Crippen molar-refractivity contribution in [2.75, 3.05) is 5.32 Å². The summed E-state index contributed by atoms with van der Waals surface area (Å²) in [4.78, 5) is 20.2. The number of hydrogen-bond donors (Lipinski definition) is 2. The number of hydrogen-bond acceptors (Lipinski definition) is 4. The number of carbonyl (C=O) groups is 1. The fourth-order valence-corrected chi connectivity index (χ4v) is 1.31. The van der Waals surface area contributed by atoms with Gasteiger partial charge >= 0.3 is 0 Å². The molecule has 0 aliphatic rings. The highest BCUT2D eigenvalue weighted by Crippen LogP contribution is 2.18. The summed E-state index contributed by atoms with van der Waals surface area (Å²) in [5.41, 5.74) is 6.23. The molecular formula is C13H22N4O. The number of anilines is 1. The van der Waals surface area contributed by atoms with Gasteiger partial charge in [-0.1, -0.05) is 34.6 Å². The van der Waals surface area contributed by atoms with Crippen LogP contribution in [0.4, 0.5) is 5.69 Å². The molecule has 0 saturated heterocycles. The third-order valence-electron chi connectivity index (χ3n) is 2.61. The molecule has 1 heterocycles. The van der Waals surface area contributed by atoms with Crippen LogP contribution in [0.15, 0.2) is 12.4 Å². The molecule has 0 aromatic carbocycles. The maximum Gasteiger partial charge on any atom is 0.241 e. The van der Waals surface area contributed by atoms with Gasteiger partial charge < -0.3 is 11.1 Å². The summed E-state index contributed by atoms with van der Waals surface area (Å²) in [6.45, 7) is 9.92. The monoisotopic (exact) mass is 250 g/mol. The molecule has 0 aliphatic carbocycles. The Morgan fingerprint density at radius 1 is 1.28 bits per heavy atom. The summed E-state index contributed by atoms with van der Waals surface area (Å²) < 4.78 is 0. The Hall–Kier alpha value is -1.49. The zero-order valence-electron chi connectivity index (χ0n) is 11.7. The normalized spacial score (nSPS) is 13.5. The molecule has 0 saturated carbocycles. The second-order valence-corrected chi connectivity index (χ2v) is 5.80. The summed E-state index contributed by atoms with van der Waals surface area (Å²) in [5, 5.41) is 2.71. The summed E-state index contributed by atoms with van der Waals surface area (Å²) in [6.07, 6.45) is 3.22. The zero-order chi connectivity index (χ0) is 13.9. The molecule has 1 atom stereocenters. The number of aromatic nitrogens is 2. The van der Waals surface area contributed by atoms with E-state index < -0.39 is 6.04 Å². The minimum atomic E-state index is -0.521. The molecule has 0 fully saturated rings. The molecular weight excluding hydrogens is 228 g/mol. The smallest absolute Gasteiger partial charge is 0.241 e. The van der Waals surface area contributed by atoms with Gasteiger partial charge in [-0.15, -0.1) is 0 Å². The predicted molar refractivity (Wildman–Crippen MR) is 72.2 cm³/mol. The van der Waals surface area contributed by atoms with Crippen LogP contribution >= 0.6 is 0 Å². The number of nitrogens with one attached hydrogen (secondary N) is 1. The van der Waals surface area contributed by atoms with Crippen LogP contribution < -0.4 is 11.1 Å². The topological polar surface area (TPSA) is 80.9 Å². The van der Waals surface area contributed by atoms with Gasteiger partial charge in [0.1, 0.15) is 5.82 Å². The average Bonchev–Trinajstić information content (AvgIpc) is 2.27. The van der Waals surface area contributed by atoms with E-state index >= 15 is 0 Å². The molecule has 100 valence electrons. The van der Waals surface area contributed by atoms with E-state index in [2.05, 4.69) is 15.3 Å². The van der Waals surface area contributed by atoms with Gasteiger partial charge in [0.15, 0.2) is 0 Å². The van der Waals surface area contributed by atoms with Crippen molar-refractivity contribution in [3.8, 4) is 0 Å². The van der Waals surface area contributed by atoms with Gasteiger partial charge in [0.05, 0.1) is 24.1 Å².